The summed E-state index contributed by atoms with van der Waals surface area (Å²) in [4.78, 5) is 22.6. The first kappa shape index (κ1) is 61.9. The Labute approximate surface area is 395 Å². The first-order chi connectivity index (χ1) is 31.4. The molecular formula is C55H100NO7P. The fourth-order valence-corrected chi connectivity index (χ4v) is 7.95. The predicted octanol–water partition coefficient (Wildman–Crippen LogP) is 16.6. The van der Waals surface area contributed by atoms with Crippen LogP contribution in [0.25, 0.3) is 0 Å². The molecule has 9 heteroatoms. The number of hydrogen-bond acceptors (Lipinski definition) is 7. The standard InChI is InChI=1S/C55H100NO7P/c1-3-5-7-9-11-13-15-17-19-21-23-25-26-27-29-31-33-35-37-39-41-43-45-47-50-60-52-54(53-62-64(58,59)61-51-49-56)63-55(57)48-46-44-42-40-38-36-34-32-30-28-24-22-20-18-16-14-12-10-8-6-4-2/h15-18,21-24,26-27,30,32,54H,3-14,19-20,25,28-29,31,33-53,56H2,1-2H3,(H,58,59)/b17-15-,18-16-,23-21-,24-22-,27-26-,32-30-. The third-order valence-corrected chi connectivity index (χ3v) is 12.1. The SMILES string of the molecule is CCCCCCC/C=C\C/C=C\C/C=C\CCCCCCCCCCCOCC(COP(=O)(O)OCCN)OC(=O)CCCCCCCC/C=C\C/C=C\C/C=C\CCCCCCC. The van der Waals surface area contributed by atoms with Crippen molar-refractivity contribution in [3.63, 3.8) is 0 Å². The molecular weight excluding hydrogens is 818 g/mol. The second kappa shape index (κ2) is 51.9. The summed E-state index contributed by atoms with van der Waals surface area (Å²) < 4.78 is 33.6. The minimum atomic E-state index is -4.29. The molecule has 0 aromatic carbocycles. The summed E-state index contributed by atoms with van der Waals surface area (Å²) in [5.74, 6) is -0.345. The summed E-state index contributed by atoms with van der Waals surface area (Å²) in [7, 11) is -4.29. The van der Waals surface area contributed by atoms with Gasteiger partial charge >= 0.3 is 13.8 Å². The lowest BCUT2D eigenvalue weighted by Crippen LogP contribution is -2.28. The predicted molar refractivity (Wildman–Crippen MR) is 275 cm³/mol. The Morgan fingerprint density at radius 2 is 0.828 bits per heavy atom. The second-order valence-corrected chi connectivity index (χ2v) is 18.8. The molecule has 2 unspecified atom stereocenters. The van der Waals surface area contributed by atoms with E-state index in [4.69, 9.17) is 24.3 Å². The number of phosphoric ester groups is 1. The Morgan fingerprint density at radius 1 is 0.469 bits per heavy atom. The van der Waals surface area contributed by atoms with E-state index in [-0.39, 0.29) is 32.3 Å². The average Bonchev–Trinajstić information content (AvgIpc) is 3.29. The van der Waals surface area contributed by atoms with Gasteiger partial charge in [-0.15, -0.1) is 0 Å². The van der Waals surface area contributed by atoms with Crippen molar-refractivity contribution in [3.05, 3.63) is 72.9 Å². The molecule has 0 radical (unpaired) electrons. The molecule has 0 heterocycles. The van der Waals surface area contributed by atoms with E-state index < -0.39 is 13.9 Å². The number of hydrogen-bond donors (Lipinski definition) is 2. The minimum Gasteiger partial charge on any atom is -0.457 e. The van der Waals surface area contributed by atoms with Crippen molar-refractivity contribution in [2.45, 2.75) is 238 Å². The topological polar surface area (TPSA) is 117 Å². The van der Waals surface area contributed by atoms with Crippen molar-refractivity contribution in [1.29, 1.82) is 0 Å². The number of rotatable bonds is 50. The highest BCUT2D eigenvalue weighted by Gasteiger charge is 2.25. The van der Waals surface area contributed by atoms with Gasteiger partial charge in [-0.05, 0) is 89.9 Å². The van der Waals surface area contributed by atoms with Gasteiger partial charge in [0.1, 0.15) is 6.10 Å². The van der Waals surface area contributed by atoms with Crippen LogP contribution in [0.1, 0.15) is 232 Å². The highest BCUT2D eigenvalue weighted by molar-refractivity contribution is 7.47. The first-order valence-corrected chi connectivity index (χ1v) is 27.9. The highest BCUT2D eigenvalue weighted by Crippen LogP contribution is 2.43. The number of unbranched alkanes of at least 4 members (excludes halogenated alkanes) is 25. The van der Waals surface area contributed by atoms with Crippen molar-refractivity contribution in [1.82, 2.24) is 0 Å². The molecule has 0 aromatic rings. The van der Waals surface area contributed by atoms with E-state index in [9.17, 15) is 14.3 Å². The van der Waals surface area contributed by atoms with Gasteiger partial charge in [0.2, 0.25) is 0 Å². The van der Waals surface area contributed by atoms with E-state index >= 15 is 0 Å². The fraction of sp³-hybridized carbons (Fsp3) is 0.764. The van der Waals surface area contributed by atoms with Crippen LogP contribution in [0.2, 0.25) is 0 Å². The van der Waals surface area contributed by atoms with Crippen molar-refractivity contribution < 1.29 is 32.8 Å². The normalized spacial score (nSPS) is 13.9. The molecule has 3 N–H and O–H groups in total. The first-order valence-electron chi connectivity index (χ1n) is 26.4. The van der Waals surface area contributed by atoms with E-state index in [1.54, 1.807) is 0 Å². The third kappa shape index (κ3) is 50.9. The van der Waals surface area contributed by atoms with E-state index in [1.165, 1.54) is 141 Å². The van der Waals surface area contributed by atoms with Crippen LogP contribution in [0, 0.1) is 0 Å². The lowest BCUT2D eigenvalue weighted by molar-refractivity contribution is -0.154. The summed E-state index contributed by atoms with van der Waals surface area (Å²) in [5.41, 5.74) is 5.39. The smallest absolute Gasteiger partial charge is 0.457 e. The van der Waals surface area contributed by atoms with Crippen LogP contribution in [0.15, 0.2) is 72.9 Å². The Balaban J connectivity index is 3.99. The van der Waals surface area contributed by atoms with Crippen molar-refractivity contribution >= 4 is 13.8 Å². The van der Waals surface area contributed by atoms with Crippen molar-refractivity contribution in [2.75, 3.05) is 33.0 Å². The van der Waals surface area contributed by atoms with E-state index in [1.807, 2.05) is 0 Å². The van der Waals surface area contributed by atoms with Crippen molar-refractivity contribution in [2.24, 2.45) is 5.73 Å². The summed E-state index contributed by atoms with van der Waals surface area (Å²) >= 11 is 0. The van der Waals surface area contributed by atoms with E-state index in [2.05, 4.69) is 86.8 Å². The number of phosphoric acid groups is 1. The molecule has 0 rings (SSSR count). The summed E-state index contributed by atoms with van der Waals surface area (Å²) in [6.07, 6.45) is 66.5. The van der Waals surface area contributed by atoms with E-state index in [0.29, 0.717) is 13.0 Å². The van der Waals surface area contributed by atoms with Crippen LogP contribution in [0.5, 0.6) is 0 Å². The van der Waals surface area contributed by atoms with Crippen LogP contribution >= 0.6 is 7.82 Å². The van der Waals surface area contributed by atoms with Gasteiger partial charge < -0.3 is 20.1 Å². The highest BCUT2D eigenvalue weighted by atomic mass is 31.2. The van der Waals surface area contributed by atoms with Gasteiger partial charge in [-0.2, -0.15) is 0 Å². The summed E-state index contributed by atoms with van der Waals surface area (Å²) in [5, 5.41) is 0. The Hall–Kier alpha value is -2.06. The molecule has 2 atom stereocenters. The molecule has 0 bridgehead atoms. The number of nitrogens with two attached hydrogens (primary N) is 1. The third-order valence-electron chi connectivity index (χ3n) is 11.1. The number of carbonyl (C=O) groups excluding carboxylic acids is 1. The number of ether oxygens (including phenoxy) is 2. The van der Waals surface area contributed by atoms with Crippen molar-refractivity contribution in [3.8, 4) is 0 Å². The maximum atomic E-state index is 12.7. The van der Waals surface area contributed by atoms with Gasteiger partial charge in [-0.25, -0.2) is 4.57 Å². The van der Waals surface area contributed by atoms with E-state index in [0.717, 1.165) is 70.6 Å². The maximum Gasteiger partial charge on any atom is 0.472 e. The molecule has 0 aliphatic rings. The molecule has 0 amide bonds. The Bertz CT molecular complexity index is 1210. The molecule has 0 spiro atoms. The minimum absolute atomic E-state index is 0.0938. The molecule has 0 aliphatic heterocycles. The van der Waals surface area contributed by atoms with Crippen LogP contribution in [0.4, 0.5) is 0 Å². The lowest BCUT2D eigenvalue weighted by Gasteiger charge is -2.20. The second-order valence-electron chi connectivity index (χ2n) is 17.4. The monoisotopic (exact) mass is 918 g/mol. The summed E-state index contributed by atoms with van der Waals surface area (Å²) in [6, 6.07) is 0. The Kier molecular flexibility index (Phi) is 50.2. The summed E-state index contributed by atoms with van der Waals surface area (Å²) in [6.45, 7) is 4.88. The van der Waals surface area contributed by atoms with Gasteiger partial charge in [0.25, 0.3) is 0 Å². The quantitative estimate of drug-likeness (QED) is 0.0268. The fourth-order valence-electron chi connectivity index (χ4n) is 7.19. The molecule has 372 valence electrons. The molecule has 0 fully saturated rings. The molecule has 8 nitrogen and oxygen atoms in total. The molecule has 0 saturated carbocycles. The average molecular weight is 918 g/mol. The van der Waals surface area contributed by atoms with Crippen LogP contribution < -0.4 is 5.73 Å². The van der Waals surface area contributed by atoms with Gasteiger partial charge in [-0.3, -0.25) is 13.8 Å². The zero-order valence-corrected chi connectivity index (χ0v) is 42.4. The number of carbonyl (C=O) groups is 1. The Morgan fingerprint density at radius 3 is 1.23 bits per heavy atom. The van der Waals surface area contributed by atoms with Crippen LogP contribution in [-0.4, -0.2) is 49.9 Å². The molecule has 0 saturated heterocycles. The van der Waals surface area contributed by atoms with Gasteiger partial charge in [-0.1, -0.05) is 209 Å². The molecule has 0 aromatic heterocycles. The van der Waals surface area contributed by atoms with Gasteiger partial charge in [0.05, 0.1) is 19.8 Å². The van der Waals surface area contributed by atoms with Crippen LogP contribution in [0.3, 0.4) is 0 Å². The largest absolute Gasteiger partial charge is 0.472 e. The number of allylic oxidation sites excluding steroid dienone is 12. The zero-order valence-electron chi connectivity index (χ0n) is 41.5. The zero-order chi connectivity index (χ0) is 46.5. The van der Waals surface area contributed by atoms with Gasteiger partial charge in [0.15, 0.2) is 0 Å². The molecule has 0 aliphatic carbocycles. The molecule has 64 heavy (non-hydrogen) atoms. The number of esters is 1. The maximum absolute atomic E-state index is 12.7. The van der Waals surface area contributed by atoms with Gasteiger partial charge in [0, 0.05) is 19.6 Å². The van der Waals surface area contributed by atoms with Crippen LogP contribution in [-0.2, 0) is 27.9 Å². The lowest BCUT2D eigenvalue weighted by atomic mass is 10.1.